The maximum atomic E-state index is 4.01. The van der Waals surface area contributed by atoms with Crippen LogP contribution in [0.25, 0.3) is 94.4 Å². The highest BCUT2D eigenvalue weighted by Crippen LogP contribution is 2.59. The maximum Gasteiger partial charge on any atom is -0.000740 e. The Kier molecular flexibility index (Phi) is 7.51. The van der Waals surface area contributed by atoms with E-state index in [1.165, 1.54) is 107 Å². The Morgan fingerprint density at radius 2 is 0.860 bits per heavy atom. The summed E-state index contributed by atoms with van der Waals surface area (Å²) < 4.78 is 0. The van der Waals surface area contributed by atoms with Crippen LogP contribution in [0.2, 0.25) is 0 Å². The molecule has 0 unspecified atom stereocenters. The Labute approximate surface area is 295 Å². The van der Waals surface area contributed by atoms with Gasteiger partial charge < -0.3 is 0 Å². The average Bonchev–Trinajstić information content (AvgIpc) is 3.51. The van der Waals surface area contributed by atoms with Crippen molar-refractivity contribution in [2.45, 2.75) is 26.2 Å². The average molecular weight is 639 g/mol. The molecule has 50 heavy (non-hydrogen) atoms. The van der Waals surface area contributed by atoms with Gasteiger partial charge >= 0.3 is 0 Å². The monoisotopic (exact) mass is 638 g/mol. The molecule has 0 nitrogen and oxygen atoms in total. The molecule has 0 saturated carbocycles. The normalized spacial score (nSPS) is 11.6. The summed E-state index contributed by atoms with van der Waals surface area (Å²) in [6.07, 6.45) is 5.46. The summed E-state index contributed by atoms with van der Waals surface area (Å²) in [5.41, 5.74) is 17.9. The van der Waals surface area contributed by atoms with Crippen molar-refractivity contribution in [2.75, 3.05) is 0 Å². The minimum Gasteiger partial charge on any atom is -0.0985 e. The van der Waals surface area contributed by atoms with Crippen molar-refractivity contribution in [1.82, 2.24) is 0 Å². The van der Waals surface area contributed by atoms with E-state index in [9.17, 15) is 0 Å². The zero-order chi connectivity index (χ0) is 33.6. The van der Waals surface area contributed by atoms with Gasteiger partial charge in [-0.2, -0.15) is 0 Å². The SMILES string of the molecule is C=Cc1ccc(-c2ccc3c4c(ccc(-c5ccc(CCCC)cc5)c24)-c2c-3c(-c3ccccc3)c3ccccc3c2-c2ccccc2)cc1. The van der Waals surface area contributed by atoms with Crippen LogP contribution in [0, 0.1) is 0 Å². The van der Waals surface area contributed by atoms with Crippen molar-refractivity contribution in [3.8, 4) is 66.8 Å². The van der Waals surface area contributed by atoms with Gasteiger partial charge in [-0.3, -0.25) is 0 Å². The van der Waals surface area contributed by atoms with E-state index in [1.54, 1.807) is 0 Å². The molecule has 0 aliphatic heterocycles. The number of hydrogen-bond donors (Lipinski definition) is 0. The maximum absolute atomic E-state index is 4.01. The standard InChI is InChI=1S/C50H38/c1-3-5-14-34-23-27-36(28-24-34)40-30-32-44-48-43(31-29-39(47(40)48)35-25-21-33(4-2)22-26-35)49-45(37-15-8-6-9-16-37)41-19-12-13-20-42(41)46(50(44)49)38-17-10-7-11-18-38/h4,6-13,15-32H,2-3,5,14H2,1H3. The molecule has 238 valence electrons. The lowest BCUT2D eigenvalue weighted by atomic mass is 9.82. The van der Waals surface area contributed by atoms with E-state index in [0.717, 1.165) is 12.0 Å². The largest absolute Gasteiger partial charge is 0.0985 e. The Morgan fingerprint density at radius 3 is 1.34 bits per heavy atom. The third-order valence-corrected chi connectivity index (χ3v) is 10.6. The van der Waals surface area contributed by atoms with Gasteiger partial charge in [0.1, 0.15) is 0 Å². The van der Waals surface area contributed by atoms with Crippen molar-refractivity contribution in [3.63, 3.8) is 0 Å². The summed E-state index contributed by atoms with van der Waals surface area (Å²) >= 11 is 0. The number of benzene rings is 8. The molecule has 8 aromatic carbocycles. The van der Waals surface area contributed by atoms with E-state index >= 15 is 0 Å². The van der Waals surface area contributed by atoms with Crippen LogP contribution in [-0.2, 0) is 6.42 Å². The van der Waals surface area contributed by atoms with Gasteiger partial charge in [0.15, 0.2) is 0 Å². The van der Waals surface area contributed by atoms with Crippen LogP contribution in [0.5, 0.6) is 0 Å². The second-order valence-electron chi connectivity index (χ2n) is 13.5. The molecule has 0 spiro atoms. The van der Waals surface area contributed by atoms with Crippen molar-refractivity contribution in [1.29, 1.82) is 0 Å². The molecular formula is C50H38. The van der Waals surface area contributed by atoms with E-state index in [-0.39, 0.29) is 0 Å². The topological polar surface area (TPSA) is 0 Å². The molecular weight excluding hydrogens is 601 g/mol. The van der Waals surface area contributed by atoms with Gasteiger partial charge in [-0.15, -0.1) is 0 Å². The fraction of sp³-hybridized carbons (Fsp3) is 0.0800. The van der Waals surface area contributed by atoms with Crippen LogP contribution in [0.15, 0.2) is 164 Å². The van der Waals surface area contributed by atoms with Gasteiger partial charge in [0.25, 0.3) is 0 Å². The minimum absolute atomic E-state index is 1.12. The molecule has 0 N–H and O–H groups in total. The van der Waals surface area contributed by atoms with Crippen LogP contribution < -0.4 is 0 Å². The zero-order valence-corrected chi connectivity index (χ0v) is 28.4. The quantitative estimate of drug-likeness (QED) is 0.155. The van der Waals surface area contributed by atoms with Crippen LogP contribution in [0.1, 0.15) is 30.9 Å². The van der Waals surface area contributed by atoms with Gasteiger partial charge in [-0.25, -0.2) is 0 Å². The number of aryl methyl sites for hydroxylation is 1. The van der Waals surface area contributed by atoms with Crippen LogP contribution in [0.3, 0.4) is 0 Å². The molecule has 0 saturated heterocycles. The molecule has 0 aromatic heterocycles. The molecule has 1 aliphatic carbocycles. The highest BCUT2D eigenvalue weighted by Gasteiger charge is 2.32. The van der Waals surface area contributed by atoms with E-state index in [0.29, 0.717) is 0 Å². The van der Waals surface area contributed by atoms with Crippen molar-refractivity contribution in [3.05, 3.63) is 175 Å². The lowest BCUT2D eigenvalue weighted by Gasteiger charge is -2.20. The van der Waals surface area contributed by atoms with Crippen LogP contribution in [-0.4, -0.2) is 0 Å². The number of rotatable bonds is 8. The van der Waals surface area contributed by atoms with E-state index in [2.05, 4.69) is 171 Å². The van der Waals surface area contributed by atoms with E-state index in [4.69, 9.17) is 0 Å². The fourth-order valence-corrected chi connectivity index (χ4v) is 8.21. The lowest BCUT2D eigenvalue weighted by Crippen LogP contribution is -1.93. The van der Waals surface area contributed by atoms with Crippen LogP contribution >= 0.6 is 0 Å². The summed E-state index contributed by atoms with van der Waals surface area (Å²) in [4.78, 5) is 0. The summed E-state index contributed by atoms with van der Waals surface area (Å²) in [6.45, 7) is 6.27. The summed E-state index contributed by atoms with van der Waals surface area (Å²) in [7, 11) is 0. The third-order valence-electron chi connectivity index (χ3n) is 10.6. The molecule has 0 amide bonds. The van der Waals surface area contributed by atoms with E-state index in [1.807, 2.05) is 6.08 Å². The number of fused-ring (bicyclic) bond motifs is 4. The Balaban J connectivity index is 1.42. The molecule has 0 heteroatoms. The highest BCUT2D eigenvalue weighted by molar-refractivity contribution is 6.30. The molecule has 9 rings (SSSR count). The Hall–Kier alpha value is -5.98. The second-order valence-corrected chi connectivity index (χ2v) is 13.5. The second kappa shape index (κ2) is 12.5. The first-order valence-electron chi connectivity index (χ1n) is 17.9. The minimum atomic E-state index is 1.12. The lowest BCUT2D eigenvalue weighted by molar-refractivity contribution is 0.795. The van der Waals surface area contributed by atoms with E-state index < -0.39 is 0 Å². The first-order valence-corrected chi connectivity index (χ1v) is 17.9. The van der Waals surface area contributed by atoms with Gasteiger partial charge in [0.05, 0.1) is 0 Å². The highest BCUT2D eigenvalue weighted by atomic mass is 14.3. The van der Waals surface area contributed by atoms with Gasteiger partial charge in [0, 0.05) is 0 Å². The fourth-order valence-electron chi connectivity index (χ4n) is 8.21. The third kappa shape index (κ3) is 4.83. The molecule has 0 atom stereocenters. The molecule has 8 aromatic rings. The molecule has 0 heterocycles. The Morgan fingerprint density at radius 1 is 0.420 bits per heavy atom. The molecule has 0 fully saturated rings. The Bertz CT molecular complexity index is 2440. The van der Waals surface area contributed by atoms with Gasteiger partial charge in [-0.05, 0) is 112 Å². The number of unbranched alkanes of at least 4 members (excludes halogenated alkanes) is 1. The first-order chi connectivity index (χ1) is 24.7. The van der Waals surface area contributed by atoms with Crippen molar-refractivity contribution >= 4 is 27.6 Å². The van der Waals surface area contributed by atoms with Gasteiger partial charge in [0.2, 0.25) is 0 Å². The van der Waals surface area contributed by atoms with Crippen LogP contribution in [0.4, 0.5) is 0 Å². The molecule has 0 radical (unpaired) electrons. The predicted molar refractivity (Wildman–Crippen MR) is 216 cm³/mol. The molecule has 1 aliphatic rings. The smallest absolute Gasteiger partial charge is 0.000740 e. The first kappa shape index (κ1) is 30.1. The summed E-state index contributed by atoms with van der Waals surface area (Å²) in [5, 5.41) is 5.21. The number of hydrogen-bond acceptors (Lipinski definition) is 0. The molecule has 0 bridgehead atoms. The van der Waals surface area contributed by atoms with Crippen molar-refractivity contribution < 1.29 is 0 Å². The van der Waals surface area contributed by atoms with Crippen molar-refractivity contribution in [2.24, 2.45) is 0 Å². The van der Waals surface area contributed by atoms with Gasteiger partial charge in [-0.1, -0.05) is 184 Å². The summed E-state index contributed by atoms with van der Waals surface area (Å²) in [5.74, 6) is 0. The zero-order valence-electron chi connectivity index (χ0n) is 28.4. The predicted octanol–water partition coefficient (Wildman–Crippen LogP) is 14.3. The summed E-state index contributed by atoms with van der Waals surface area (Å²) in [6, 6.07) is 58.7.